The van der Waals surface area contributed by atoms with Gasteiger partial charge in [0.1, 0.15) is 5.75 Å². The average Bonchev–Trinajstić information content (AvgIpc) is 2.63. The fourth-order valence-corrected chi connectivity index (χ4v) is 2.00. The molecule has 0 fully saturated rings. The first-order valence-corrected chi connectivity index (χ1v) is 7.08. The van der Waals surface area contributed by atoms with Crippen molar-refractivity contribution in [2.75, 3.05) is 0 Å². The Morgan fingerprint density at radius 3 is 1.76 bits per heavy atom. The lowest BCUT2D eigenvalue weighted by atomic mass is 10.1. The van der Waals surface area contributed by atoms with Crippen molar-refractivity contribution in [1.82, 2.24) is 0 Å². The van der Waals surface area contributed by atoms with Crippen molar-refractivity contribution in [2.45, 2.75) is 0 Å². The summed E-state index contributed by atoms with van der Waals surface area (Å²) in [5.41, 5.74) is 0. The summed E-state index contributed by atoms with van der Waals surface area (Å²) >= 11 is 0. The van der Waals surface area contributed by atoms with Gasteiger partial charge in [0.15, 0.2) is 11.5 Å². The van der Waals surface area contributed by atoms with Gasteiger partial charge in [0.05, 0.1) is 0 Å². The number of fused-ring (bicyclic) bond motifs is 1. The Kier molecular flexibility index (Phi) is 5.47. The van der Waals surface area contributed by atoms with Crippen LogP contribution in [-0.4, -0.2) is 17.9 Å². The first kappa shape index (κ1) is 17.7. The minimum atomic E-state index is -0.771. The van der Waals surface area contributed by atoms with E-state index in [-0.39, 0.29) is 17.2 Å². The monoisotopic (exact) mass is 338 g/mol. The van der Waals surface area contributed by atoms with Gasteiger partial charge in [-0.3, -0.25) is 0 Å². The topological polar surface area (TPSA) is 78.9 Å². The summed E-state index contributed by atoms with van der Waals surface area (Å²) in [6.07, 6.45) is 2.92. The van der Waals surface area contributed by atoms with E-state index < -0.39 is 17.9 Å². The molecule has 0 radical (unpaired) electrons. The first-order chi connectivity index (χ1) is 12.0. The number of benzene rings is 2. The second-order valence-electron chi connectivity index (χ2n) is 4.62. The highest BCUT2D eigenvalue weighted by Gasteiger charge is 2.20. The molecule has 0 N–H and O–H groups in total. The highest BCUT2D eigenvalue weighted by molar-refractivity contribution is 6.00. The molecule has 0 saturated heterocycles. The zero-order chi connectivity index (χ0) is 18.4. The number of hydrogen-bond donors (Lipinski definition) is 0. The molecule has 6 heteroatoms. The van der Waals surface area contributed by atoms with E-state index in [1.165, 1.54) is 6.07 Å². The molecular weight excluding hydrogens is 324 g/mol. The van der Waals surface area contributed by atoms with Gasteiger partial charge in [-0.05, 0) is 0 Å². The summed E-state index contributed by atoms with van der Waals surface area (Å²) in [6, 6.07) is 7.95. The fraction of sp³-hybridized carbons (Fsp3) is 0. The van der Waals surface area contributed by atoms with Crippen LogP contribution in [0.4, 0.5) is 0 Å². The maximum Gasteiger partial charge on any atom is 0.335 e. The number of carbonyl (C=O) groups is 3. The summed E-state index contributed by atoms with van der Waals surface area (Å²) in [7, 11) is 0. The SMILES string of the molecule is C=CC(=O)Oc1cc(OC(=O)C=C)c2ccccc2c1OC(=O)C=C. The van der Waals surface area contributed by atoms with E-state index in [4.69, 9.17) is 14.2 Å². The van der Waals surface area contributed by atoms with E-state index in [1.807, 2.05) is 0 Å². The highest BCUT2D eigenvalue weighted by atomic mass is 16.6. The Morgan fingerprint density at radius 1 is 0.720 bits per heavy atom. The summed E-state index contributed by atoms with van der Waals surface area (Å²) in [6.45, 7) is 9.98. The van der Waals surface area contributed by atoms with Gasteiger partial charge in [-0.15, -0.1) is 0 Å². The molecule has 0 atom stereocenters. The molecule has 2 aromatic carbocycles. The van der Waals surface area contributed by atoms with Crippen LogP contribution in [0.25, 0.3) is 10.8 Å². The van der Waals surface area contributed by atoms with Crippen LogP contribution in [0, 0.1) is 0 Å². The number of ether oxygens (including phenoxy) is 3. The van der Waals surface area contributed by atoms with Crippen LogP contribution in [0.2, 0.25) is 0 Å². The molecule has 0 spiro atoms. The molecular formula is C19H14O6. The molecule has 6 nitrogen and oxygen atoms in total. The van der Waals surface area contributed by atoms with Crippen LogP contribution in [-0.2, 0) is 14.4 Å². The molecule has 0 saturated carbocycles. The number of hydrogen-bond acceptors (Lipinski definition) is 6. The third-order valence-electron chi connectivity index (χ3n) is 3.05. The molecule has 0 heterocycles. The second-order valence-corrected chi connectivity index (χ2v) is 4.62. The zero-order valence-electron chi connectivity index (χ0n) is 13.2. The molecule has 0 bridgehead atoms. The first-order valence-electron chi connectivity index (χ1n) is 7.08. The van der Waals surface area contributed by atoms with Gasteiger partial charge in [-0.25, -0.2) is 14.4 Å². The lowest BCUT2D eigenvalue weighted by Crippen LogP contribution is -2.10. The van der Waals surface area contributed by atoms with Crippen molar-refractivity contribution in [2.24, 2.45) is 0 Å². The predicted molar refractivity (Wildman–Crippen MR) is 91.4 cm³/mol. The van der Waals surface area contributed by atoms with Crippen molar-refractivity contribution >= 4 is 28.7 Å². The van der Waals surface area contributed by atoms with Crippen LogP contribution in [0.3, 0.4) is 0 Å². The molecule has 0 unspecified atom stereocenters. The average molecular weight is 338 g/mol. The molecule has 2 rings (SSSR count). The van der Waals surface area contributed by atoms with Gasteiger partial charge >= 0.3 is 17.9 Å². The Bertz CT molecular complexity index is 894. The van der Waals surface area contributed by atoms with Crippen molar-refractivity contribution < 1.29 is 28.6 Å². The van der Waals surface area contributed by atoms with Crippen molar-refractivity contribution in [3.05, 3.63) is 68.3 Å². The number of esters is 3. The smallest absolute Gasteiger partial charge is 0.335 e. The number of carbonyl (C=O) groups excluding carboxylic acids is 3. The van der Waals surface area contributed by atoms with E-state index >= 15 is 0 Å². The lowest BCUT2D eigenvalue weighted by molar-refractivity contribution is -0.131. The molecule has 0 aliphatic carbocycles. The summed E-state index contributed by atoms with van der Waals surface area (Å²) in [5, 5.41) is 0.877. The Balaban J connectivity index is 2.72. The van der Waals surface area contributed by atoms with E-state index in [0.29, 0.717) is 10.8 Å². The van der Waals surface area contributed by atoms with Gasteiger partial charge in [-0.2, -0.15) is 0 Å². The van der Waals surface area contributed by atoms with Gasteiger partial charge < -0.3 is 14.2 Å². The molecule has 0 aliphatic heterocycles. The van der Waals surface area contributed by atoms with E-state index in [2.05, 4.69) is 19.7 Å². The largest absolute Gasteiger partial charge is 0.423 e. The Hall–Kier alpha value is -3.67. The summed E-state index contributed by atoms with van der Waals surface area (Å²) in [4.78, 5) is 34.8. The Morgan fingerprint density at radius 2 is 1.20 bits per heavy atom. The molecule has 2 aromatic rings. The van der Waals surface area contributed by atoms with Gasteiger partial charge in [0.2, 0.25) is 0 Å². The fourth-order valence-electron chi connectivity index (χ4n) is 2.00. The van der Waals surface area contributed by atoms with Gasteiger partial charge in [0, 0.05) is 35.1 Å². The van der Waals surface area contributed by atoms with Crippen LogP contribution in [0.1, 0.15) is 0 Å². The van der Waals surface area contributed by atoms with Crippen molar-refractivity contribution in [3.8, 4) is 17.2 Å². The maximum absolute atomic E-state index is 11.6. The highest BCUT2D eigenvalue weighted by Crippen LogP contribution is 2.42. The molecule has 0 aliphatic rings. The van der Waals surface area contributed by atoms with E-state index in [0.717, 1.165) is 18.2 Å². The van der Waals surface area contributed by atoms with E-state index in [1.54, 1.807) is 24.3 Å². The van der Waals surface area contributed by atoms with Gasteiger partial charge in [-0.1, -0.05) is 44.0 Å². The normalized spacial score (nSPS) is 9.76. The summed E-state index contributed by atoms with van der Waals surface area (Å²) < 4.78 is 15.5. The van der Waals surface area contributed by atoms with Gasteiger partial charge in [0.25, 0.3) is 0 Å². The lowest BCUT2D eigenvalue weighted by Gasteiger charge is -2.14. The molecule has 25 heavy (non-hydrogen) atoms. The second kappa shape index (κ2) is 7.74. The zero-order valence-corrected chi connectivity index (χ0v) is 13.2. The van der Waals surface area contributed by atoms with Crippen molar-refractivity contribution in [3.63, 3.8) is 0 Å². The van der Waals surface area contributed by atoms with Crippen LogP contribution >= 0.6 is 0 Å². The minimum Gasteiger partial charge on any atom is -0.423 e. The molecule has 0 aromatic heterocycles. The van der Waals surface area contributed by atoms with Crippen LogP contribution in [0.5, 0.6) is 17.2 Å². The number of rotatable bonds is 6. The Labute approximate surface area is 143 Å². The van der Waals surface area contributed by atoms with Crippen LogP contribution < -0.4 is 14.2 Å². The van der Waals surface area contributed by atoms with Crippen molar-refractivity contribution in [1.29, 1.82) is 0 Å². The van der Waals surface area contributed by atoms with Crippen LogP contribution in [0.15, 0.2) is 68.3 Å². The summed E-state index contributed by atoms with van der Waals surface area (Å²) in [5.74, 6) is -2.20. The minimum absolute atomic E-state index is 0.00546. The maximum atomic E-state index is 11.6. The standard InChI is InChI=1S/C19H14O6/c1-4-16(20)23-14-11-15(24-17(21)5-2)19(25-18(22)6-3)13-10-8-7-9-12(13)14/h4-11H,1-3H2. The predicted octanol–water partition coefficient (Wildman–Crippen LogP) is 3.11. The molecule has 126 valence electrons. The third-order valence-corrected chi connectivity index (χ3v) is 3.05. The third kappa shape index (κ3) is 4.00. The molecule has 0 amide bonds. The quantitative estimate of drug-likeness (QED) is 0.457. The van der Waals surface area contributed by atoms with E-state index in [9.17, 15) is 14.4 Å².